The third-order valence-electron chi connectivity index (χ3n) is 4.68. The molecule has 4 aromatic rings. The first-order chi connectivity index (χ1) is 14.6. The minimum absolute atomic E-state index is 0.183. The number of benzene rings is 2. The molecule has 0 radical (unpaired) electrons. The Morgan fingerprint density at radius 2 is 1.90 bits per heavy atom. The highest BCUT2D eigenvalue weighted by Gasteiger charge is 2.12. The first-order valence-corrected chi connectivity index (χ1v) is 10.1. The SMILES string of the molecule is C=c1[nH]n(-c2ccccc2)c(=O)/c1=C\c1cn(CCC#N)nc1-c1ccc(Br)cc1. The molecule has 2 heterocycles. The summed E-state index contributed by atoms with van der Waals surface area (Å²) >= 11 is 3.45. The molecule has 6 nitrogen and oxygen atoms in total. The molecule has 30 heavy (non-hydrogen) atoms. The number of aromatic nitrogens is 4. The number of hydrogen-bond acceptors (Lipinski definition) is 3. The van der Waals surface area contributed by atoms with Crippen molar-refractivity contribution in [3.8, 4) is 23.0 Å². The molecule has 2 aromatic heterocycles. The summed E-state index contributed by atoms with van der Waals surface area (Å²) in [6.07, 6.45) is 4.01. The lowest BCUT2D eigenvalue weighted by Gasteiger charge is -1.99. The zero-order chi connectivity index (χ0) is 21.1. The summed E-state index contributed by atoms with van der Waals surface area (Å²) in [7, 11) is 0. The fraction of sp³-hybridized carbons (Fsp3) is 0.0870. The maximum atomic E-state index is 13.0. The van der Waals surface area contributed by atoms with Crippen molar-refractivity contribution in [3.05, 3.63) is 91.8 Å². The van der Waals surface area contributed by atoms with Gasteiger partial charge in [0.15, 0.2) is 0 Å². The van der Waals surface area contributed by atoms with Gasteiger partial charge in [-0.25, -0.2) is 4.68 Å². The average molecular weight is 460 g/mol. The monoisotopic (exact) mass is 459 g/mol. The standard InChI is InChI=1S/C23H18BrN5O/c1-16-21(23(30)29(26-16)20-6-3-2-4-7-20)14-18-15-28(13-5-12-25)27-22(18)17-8-10-19(24)11-9-17/h2-4,6-11,14-15,26H,1,5,13H2/b21-14-. The molecule has 1 N–H and O–H groups in total. The van der Waals surface area contributed by atoms with Crippen LogP contribution in [0.3, 0.4) is 0 Å². The first-order valence-electron chi connectivity index (χ1n) is 9.34. The van der Waals surface area contributed by atoms with Crippen molar-refractivity contribution in [1.29, 1.82) is 5.26 Å². The Kier molecular flexibility index (Phi) is 5.50. The lowest BCUT2D eigenvalue weighted by molar-refractivity contribution is 0.629. The Morgan fingerprint density at radius 1 is 1.17 bits per heavy atom. The third kappa shape index (κ3) is 3.91. The predicted molar refractivity (Wildman–Crippen MR) is 120 cm³/mol. The molecule has 0 amide bonds. The summed E-state index contributed by atoms with van der Waals surface area (Å²) in [5, 5.41) is 17.6. The minimum atomic E-state index is -0.183. The molecule has 0 atom stereocenters. The van der Waals surface area contributed by atoms with Crippen LogP contribution in [0.5, 0.6) is 0 Å². The van der Waals surface area contributed by atoms with E-state index in [1.54, 1.807) is 10.8 Å². The van der Waals surface area contributed by atoms with Gasteiger partial charge in [-0.15, -0.1) is 0 Å². The van der Waals surface area contributed by atoms with E-state index in [0.717, 1.165) is 27.0 Å². The van der Waals surface area contributed by atoms with Crippen LogP contribution in [0.4, 0.5) is 0 Å². The largest absolute Gasteiger partial charge is 0.291 e. The van der Waals surface area contributed by atoms with Crippen molar-refractivity contribution < 1.29 is 0 Å². The second-order valence-corrected chi connectivity index (χ2v) is 7.65. The summed E-state index contributed by atoms with van der Waals surface area (Å²) < 4.78 is 4.18. The number of nitrogens with zero attached hydrogens (tertiary/aromatic N) is 4. The molecule has 0 saturated heterocycles. The number of nitrogens with one attached hydrogen (secondary N) is 1. The lowest BCUT2D eigenvalue weighted by atomic mass is 10.1. The summed E-state index contributed by atoms with van der Waals surface area (Å²) in [6, 6.07) is 19.3. The number of H-pyrrole nitrogens is 1. The van der Waals surface area contributed by atoms with Crippen molar-refractivity contribution >= 4 is 28.6 Å². The number of nitriles is 1. The van der Waals surface area contributed by atoms with Gasteiger partial charge >= 0.3 is 0 Å². The summed E-state index contributed by atoms with van der Waals surface area (Å²) in [6.45, 7) is 4.49. The number of aryl methyl sites for hydroxylation is 1. The number of aromatic amines is 1. The van der Waals surface area contributed by atoms with E-state index in [9.17, 15) is 4.79 Å². The summed E-state index contributed by atoms with van der Waals surface area (Å²) in [4.78, 5) is 13.0. The van der Waals surface area contributed by atoms with Gasteiger partial charge < -0.3 is 0 Å². The minimum Gasteiger partial charge on any atom is -0.291 e. The Labute approximate surface area is 181 Å². The molecule has 0 aliphatic rings. The van der Waals surface area contributed by atoms with Crippen LogP contribution in [0.1, 0.15) is 12.0 Å². The van der Waals surface area contributed by atoms with E-state index in [2.05, 4.69) is 38.8 Å². The van der Waals surface area contributed by atoms with Crippen LogP contribution in [0.25, 0.3) is 29.6 Å². The van der Waals surface area contributed by atoms with Gasteiger partial charge in [-0.1, -0.05) is 52.8 Å². The Hall–Kier alpha value is -3.63. The second-order valence-electron chi connectivity index (χ2n) is 6.74. The smallest absolute Gasteiger partial charge is 0.279 e. The molecule has 0 fully saturated rings. The van der Waals surface area contributed by atoms with E-state index in [4.69, 9.17) is 5.26 Å². The van der Waals surface area contributed by atoms with Gasteiger partial charge in [-0.3, -0.25) is 14.6 Å². The first kappa shape index (κ1) is 19.7. The molecule has 0 aliphatic heterocycles. The van der Waals surface area contributed by atoms with Crippen molar-refractivity contribution in [1.82, 2.24) is 19.6 Å². The molecule has 148 valence electrons. The topological polar surface area (TPSA) is 79.4 Å². The van der Waals surface area contributed by atoms with Crippen molar-refractivity contribution in [2.24, 2.45) is 0 Å². The number of hydrogen-bond donors (Lipinski definition) is 1. The molecule has 0 bridgehead atoms. The molecule has 0 saturated carbocycles. The summed E-state index contributed by atoms with van der Waals surface area (Å²) in [5.74, 6) is 0. The summed E-state index contributed by atoms with van der Waals surface area (Å²) in [5.41, 5.74) is 3.01. The normalized spacial score (nSPS) is 11.5. The quantitative estimate of drug-likeness (QED) is 0.498. The highest BCUT2D eigenvalue weighted by atomic mass is 79.9. The maximum absolute atomic E-state index is 13.0. The molecule has 2 aromatic carbocycles. The fourth-order valence-corrected chi connectivity index (χ4v) is 3.48. The van der Waals surface area contributed by atoms with Gasteiger partial charge in [-0.05, 0) is 30.3 Å². The molecular weight excluding hydrogens is 442 g/mol. The van der Waals surface area contributed by atoms with Crippen LogP contribution in [-0.4, -0.2) is 19.6 Å². The van der Waals surface area contributed by atoms with Crippen molar-refractivity contribution in [3.63, 3.8) is 0 Å². The third-order valence-corrected chi connectivity index (χ3v) is 5.21. The van der Waals surface area contributed by atoms with Crippen LogP contribution >= 0.6 is 15.9 Å². The second kappa shape index (κ2) is 8.39. The van der Waals surface area contributed by atoms with Gasteiger partial charge in [-0.2, -0.15) is 10.4 Å². The molecule has 7 heteroatoms. The molecule has 0 unspecified atom stereocenters. The lowest BCUT2D eigenvalue weighted by Crippen LogP contribution is -2.33. The maximum Gasteiger partial charge on any atom is 0.279 e. The predicted octanol–water partition coefficient (Wildman–Crippen LogP) is 2.94. The van der Waals surface area contributed by atoms with Gasteiger partial charge in [0.25, 0.3) is 5.56 Å². The molecular formula is C23H18BrN5O. The Balaban J connectivity index is 1.88. The number of halogens is 1. The van der Waals surface area contributed by atoms with Gasteiger partial charge in [0.2, 0.25) is 0 Å². The Morgan fingerprint density at radius 3 is 2.60 bits per heavy atom. The van der Waals surface area contributed by atoms with E-state index in [1.165, 1.54) is 4.68 Å². The highest BCUT2D eigenvalue weighted by Crippen LogP contribution is 2.24. The highest BCUT2D eigenvalue weighted by molar-refractivity contribution is 9.10. The van der Waals surface area contributed by atoms with Gasteiger partial charge in [0.1, 0.15) is 0 Å². The zero-order valence-electron chi connectivity index (χ0n) is 16.0. The van der Waals surface area contributed by atoms with Gasteiger partial charge in [0.05, 0.1) is 41.0 Å². The van der Waals surface area contributed by atoms with Crippen molar-refractivity contribution in [2.45, 2.75) is 13.0 Å². The Bertz CT molecular complexity index is 1390. The number of para-hydroxylation sites is 1. The molecule has 0 aliphatic carbocycles. The van der Waals surface area contributed by atoms with Crippen molar-refractivity contribution in [2.75, 3.05) is 0 Å². The van der Waals surface area contributed by atoms with E-state index in [-0.39, 0.29) is 5.56 Å². The van der Waals surface area contributed by atoms with Crippen LogP contribution in [0.2, 0.25) is 0 Å². The molecule has 0 spiro atoms. The average Bonchev–Trinajstić information content (AvgIpc) is 3.29. The van der Waals surface area contributed by atoms with E-state index >= 15 is 0 Å². The van der Waals surface area contributed by atoms with Crippen LogP contribution in [-0.2, 0) is 6.54 Å². The van der Waals surface area contributed by atoms with E-state index in [1.807, 2.05) is 60.8 Å². The van der Waals surface area contributed by atoms with E-state index in [0.29, 0.717) is 23.5 Å². The van der Waals surface area contributed by atoms with E-state index < -0.39 is 0 Å². The number of rotatable bonds is 5. The van der Waals surface area contributed by atoms with Crippen LogP contribution in [0.15, 0.2) is 70.1 Å². The zero-order valence-corrected chi connectivity index (χ0v) is 17.6. The molecule has 4 rings (SSSR count). The van der Waals surface area contributed by atoms with Gasteiger partial charge in [0, 0.05) is 21.8 Å². The fourth-order valence-electron chi connectivity index (χ4n) is 3.21. The van der Waals surface area contributed by atoms with Crippen LogP contribution in [0, 0.1) is 11.3 Å². The van der Waals surface area contributed by atoms with Crippen LogP contribution < -0.4 is 16.1 Å².